The molecule has 2 amide bonds. The first-order valence-electron chi connectivity index (χ1n) is 3.26. The van der Waals surface area contributed by atoms with Crippen LogP contribution >= 0.6 is 0 Å². The Kier molecular flexibility index (Phi) is 39.1. The van der Waals surface area contributed by atoms with Gasteiger partial charge in [0.05, 0.1) is 5.91 Å². The molecule has 0 aliphatic carbocycles. The number of carboxylic acids is 2. The summed E-state index contributed by atoms with van der Waals surface area (Å²) in [6.45, 7) is 0. The molecule has 3 radical (unpaired) electrons. The molecule has 0 saturated carbocycles. The van der Waals surface area contributed by atoms with Gasteiger partial charge in [-0.05, 0) is 0 Å². The van der Waals surface area contributed by atoms with Gasteiger partial charge in [0.25, 0.3) is 11.3 Å². The van der Waals surface area contributed by atoms with E-state index in [2.05, 4.69) is 0 Å². The van der Waals surface area contributed by atoms with Crippen LogP contribution in [-0.4, -0.2) is 41.0 Å². The largest absolute Gasteiger partial charge is 0.666 e. The second kappa shape index (κ2) is 18.2. The van der Waals surface area contributed by atoms with Crippen molar-refractivity contribution < 1.29 is 128 Å². The van der Waals surface area contributed by atoms with Gasteiger partial charge in [-0.15, -0.1) is 0 Å². The Balaban J connectivity index is -0.0000000563. The molecular formula is C9H18N2O6Y3-2. The Morgan fingerprint density at radius 1 is 0.950 bits per heavy atom. The van der Waals surface area contributed by atoms with Gasteiger partial charge in [-0.1, -0.05) is 14.9 Å². The van der Waals surface area contributed by atoms with Crippen LogP contribution in [0.3, 0.4) is 0 Å². The molecule has 0 bridgehead atoms. The summed E-state index contributed by atoms with van der Waals surface area (Å²) >= 11 is 0. The van der Waals surface area contributed by atoms with Crippen LogP contribution in [0.2, 0.25) is 0 Å². The molecule has 0 aromatic carbocycles. The number of carboxylic acid groups (broad SMARTS) is 2. The normalized spacial score (nSPS) is 7.25. The van der Waals surface area contributed by atoms with Gasteiger partial charge in [0.2, 0.25) is 0 Å². The minimum Gasteiger partial charge on any atom is -0.666 e. The fourth-order valence-electron chi connectivity index (χ4n) is 0.771. The first-order valence-corrected chi connectivity index (χ1v) is 3.26. The van der Waals surface area contributed by atoms with Crippen molar-refractivity contribution >= 4 is 23.8 Å². The number of hydrogen-bond acceptors (Lipinski definition) is 4. The van der Waals surface area contributed by atoms with Crippen molar-refractivity contribution in [3.8, 4) is 0 Å². The van der Waals surface area contributed by atoms with E-state index in [1.165, 1.54) is 0 Å². The van der Waals surface area contributed by atoms with E-state index in [0.717, 1.165) is 7.05 Å². The van der Waals surface area contributed by atoms with E-state index in [-0.39, 0.29) is 120 Å². The Bertz CT molecular complexity index is 289. The summed E-state index contributed by atoms with van der Waals surface area (Å²) in [6.07, 6.45) is 0. The summed E-state index contributed by atoms with van der Waals surface area (Å²) in [6, 6.07) is 0. The fraction of sp³-hybridized carbons (Fsp3) is 0.444. The van der Waals surface area contributed by atoms with E-state index >= 15 is 0 Å². The molecule has 8 nitrogen and oxygen atoms in total. The SMILES string of the molecule is C.C.CNC(=O)C(C([NH-])=O)(C(=O)O)C(=O)O.[CH3-].[Y].[Y].[Y]. The predicted octanol–water partition coefficient (Wildman–Crippen LogP) is 0.182. The third-order valence-corrected chi connectivity index (χ3v) is 1.55. The second-order valence-corrected chi connectivity index (χ2v) is 2.27. The van der Waals surface area contributed by atoms with Crippen LogP contribution in [0.25, 0.3) is 5.73 Å². The van der Waals surface area contributed by atoms with E-state index < -0.39 is 29.2 Å². The van der Waals surface area contributed by atoms with Gasteiger partial charge in [0, 0.05) is 105 Å². The topological polar surface area (TPSA) is 145 Å². The van der Waals surface area contributed by atoms with Crippen LogP contribution in [0.4, 0.5) is 0 Å². The zero-order valence-electron chi connectivity index (χ0n) is 9.76. The molecule has 0 heterocycles. The maximum Gasteiger partial charge on any atom is 0.336 e. The molecule has 0 aliphatic rings. The van der Waals surface area contributed by atoms with Crippen molar-refractivity contribution in [3.05, 3.63) is 13.2 Å². The second-order valence-electron chi connectivity index (χ2n) is 2.27. The number of carbonyl (C=O) groups is 4. The van der Waals surface area contributed by atoms with Gasteiger partial charge < -0.3 is 33.5 Å². The van der Waals surface area contributed by atoms with Crippen LogP contribution in [0, 0.1) is 12.8 Å². The molecule has 0 atom stereocenters. The van der Waals surface area contributed by atoms with Gasteiger partial charge in [-0.3, -0.25) is 4.79 Å². The smallest absolute Gasteiger partial charge is 0.336 e. The average molecular weight is 517 g/mol. The van der Waals surface area contributed by atoms with Gasteiger partial charge >= 0.3 is 11.9 Å². The van der Waals surface area contributed by atoms with Gasteiger partial charge in [0.1, 0.15) is 0 Å². The summed E-state index contributed by atoms with van der Waals surface area (Å²) < 4.78 is 0. The molecule has 0 spiro atoms. The number of rotatable bonds is 4. The molecule has 4 N–H and O–H groups in total. The molecule has 0 aromatic rings. The summed E-state index contributed by atoms with van der Waals surface area (Å²) in [7, 11) is 0.964. The molecule has 0 unspecified atom stereocenters. The third-order valence-electron chi connectivity index (χ3n) is 1.55. The maximum absolute atomic E-state index is 10.9. The molecule has 0 rings (SSSR count). The zero-order chi connectivity index (χ0) is 11.5. The average Bonchev–Trinajstić information content (AvgIpc) is 2.02. The van der Waals surface area contributed by atoms with Crippen LogP contribution in [-0.2, 0) is 117 Å². The molecule has 20 heavy (non-hydrogen) atoms. The van der Waals surface area contributed by atoms with E-state index in [4.69, 9.17) is 15.9 Å². The minimum atomic E-state index is -3.38. The summed E-state index contributed by atoms with van der Waals surface area (Å²) in [4.78, 5) is 42.6. The molecule has 111 valence electrons. The number of hydrogen-bond donors (Lipinski definition) is 3. The molecule has 0 saturated heterocycles. The molecular weight excluding hydrogens is 499 g/mol. The van der Waals surface area contributed by atoms with E-state index in [0.29, 0.717) is 0 Å². The Hall–Kier alpha value is 1.19. The summed E-state index contributed by atoms with van der Waals surface area (Å²) in [5, 5.41) is 18.7. The first kappa shape index (κ1) is 42.9. The van der Waals surface area contributed by atoms with E-state index in [9.17, 15) is 19.2 Å². The molecule has 0 aromatic heterocycles. The van der Waals surface area contributed by atoms with Crippen LogP contribution in [0.1, 0.15) is 14.9 Å². The zero-order valence-corrected chi connectivity index (χ0v) is 18.3. The first-order chi connectivity index (χ1) is 6.31. The van der Waals surface area contributed by atoms with Crippen LogP contribution < -0.4 is 5.32 Å². The van der Waals surface area contributed by atoms with Crippen molar-refractivity contribution in [1.29, 1.82) is 0 Å². The van der Waals surface area contributed by atoms with Crippen molar-refractivity contribution in [2.24, 2.45) is 5.41 Å². The number of aliphatic carboxylic acids is 2. The minimum absolute atomic E-state index is 0. The molecule has 0 fully saturated rings. The fourth-order valence-corrected chi connectivity index (χ4v) is 0.771. The van der Waals surface area contributed by atoms with Crippen molar-refractivity contribution in [1.82, 2.24) is 5.32 Å². The predicted molar refractivity (Wildman–Crippen MR) is 61.0 cm³/mol. The van der Waals surface area contributed by atoms with Crippen molar-refractivity contribution in [2.45, 2.75) is 14.9 Å². The van der Waals surface area contributed by atoms with Crippen LogP contribution in [0.5, 0.6) is 0 Å². The standard InChI is InChI=1S/C6H8N2O6.2CH4.CH3.3Y/c1-8-3(10)6(2(7)9,4(11)12)5(13)14;;;;;;/h1H3,(H5,7,8,9,10,11,12,13,14);2*1H4;1H3;;;/q;;;-1;;;/p-1. The Labute approximate surface area is 194 Å². The van der Waals surface area contributed by atoms with E-state index in [1.807, 2.05) is 0 Å². The monoisotopic (exact) mass is 517 g/mol. The Morgan fingerprint density at radius 3 is 1.25 bits per heavy atom. The van der Waals surface area contributed by atoms with Gasteiger partial charge in [0.15, 0.2) is 0 Å². The van der Waals surface area contributed by atoms with Crippen molar-refractivity contribution in [2.75, 3.05) is 7.05 Å². The maximum atomic E-state index is 10.9. The number of nitrogens with one attached hydrogen (secondary N) is 2. The molecule has 11 heteroatoms. The summed E-state index contributed by atoms with van der Waals surface area (Å²) in [5.74, 6) is -7.94. The van der Waals surface area contributed by atoms with Gasteiger partial charge in [-0.2, -0.15) is 0 Å². The van der Waals surface area contributed by atoms with E-state index in [1.54, 1.807) is 5.32 Å². The molecule has 0 aliphatic heterocycles. The number of amides is 2. The van der Waals surface area contributed by atoms with Gasteiger partial charge in [-0.25, -0.2) is 9.59 Å². The number of carbonyl (C=O) groups excluding carboxylic acids is 2. The quantitative estimate of drug-likeness (QED) is 0.359. The third kappa shape index (κ3) is 8.59. The Morgan fingerprint density at radius 2 is 1.20 bits per heavy atom. The summed E-state index contributed by atoms with van der Waals surface area (Å²) in [5.41, 5.74) is 3.14. The van der Waals surface area contributed by atoms with Crippen LogP contribution in [0.15, 0.2) is 0 Å². The van der Waals surface area contributed by atoms with Crippen molar-refractivity contribution in [3.63, 3.8) is 0 Å².